The molecule has 1 heterocycles. The Kier molecular flexibility index (Phi) is 5.39. The minimum Gasteiger partial charge on any atom is -0.497 e. The molecule has 0 radical (unpaired) electrons. The fourth-order valence-electron chi connectivity index (χ4n) is 2.52. The average Bonchev–Trinajstić information content (AvgIpc) is 3.16. The Bertz CT molecular complexity index is 915. The van der Waals surface area contributed by atoms with Crippen LogP contribution in [0.4, 0.5) is 0 Å². The molecule has 0 saturated carbocycles. The Balaban J connectivity index is 1.72. The van der Waals surface area contributed by atoms with Crippen LogP contribution in [-0.2, 0) is 11.3 Å². The number of hydrogen-bond acceptors (Lipinski definition) is 3. The van der Waals surface area contributed by atoms with Gasteiger partial charge in [0.15, 0.2) is 0 Å². The molecule has 0 spiro atoms. The maximum atomic E-state index is 12.5. The van der Waals surface area contributed by atoms with Gasteiger partial charge >= 0.3 is 0 Å². The van der Waals surface area contributed by atoms with Crippen LogP contribution in [0, 0.1) is 0 Å². The molecule has 0 aliphatic rings. The number of ketones is 1. The third kappa shape index (κ3) is 3.95. The van der Waals surface area contributed by atoms with Crippen LogP contribution in [0.3, 0.4) is 0 Å². The Morgan fingerprint density at radius 2 is 1.73 bits per heavy atom. The molecule has 1 aromatic heterocycles. The Labute approximate surface area is 156 Å². The topological polar surface area (TPSA) is 60.3 Å². The van der Waals surface area contributed by atoms with E-state index in [4.69, 9.17) is 16.3 Å². The van der Waals surface area contributed by atoms with Gasteiger partial charge in [0.25, 0.3) is 11.7 Å². The lowest BCUT2D eigenvalue weighted by atomic mass is 10.2. The van der Waals surface area contributed by atoms with E-state index >= 15 is 0 Å². The third-order valence-corrected chi connectivity index (χ3v) is 4.16. The summed E-state index contributed by atoms with van der Waals surface area (Å²) in [7, 11) is 1.59. The van der Waals surface area contributed by atoms with Crippen LogP contribution >= 0.6 is 11.6 Å². The molecule has 2 aromatic carbocycles. The maximum absolute atomic E-state index is 12.5. The molecule has 1 amide bonds. The summed E-state index contributed by atoms with van der Waals surface area (Å²) in [5.74, 6) is -0.539. The summed E-state index contributed by atoms with van der Waals surface area (Å²) in [5, 5.41) is 3.26. The van der Waals surface area contributed by atoms with Crippen molar-refractivity contribution in [3.05, 3.63) is 83.1 Å². The molecule has 0 saturated heterocycles. The van der Waals surface area contributed by atoms with Crippen molar-refractivity contribution in [3.63, 3.8) is 0 Å². The molecular formula is C20H17ClN2O3. The van der Waals surface area contributed by atoms with E-state index in [0.717, 1.165) is 17.0 Å². The average molecular weight is 369 g/mol. The third-order valence-electron chi connectivity index (χ3n) is 3.90. The first kappa shape index (κ1) is 17.8. The van der Waals surface area contributed by atoms with Gasteiger partial charge in [0.05, 0.1) is 12.8 Å². The number of hydrogen-bond donors (Lipinski definition) is 1. The first-order valence-corrected chi connectivity index (χ1v) is 8.35. The molecule has 0 aliphatic heterocycles. The zero-order valence-corrected chi connectivity index (χ0v) is 14.9. The van der Waals surface area contributed by atoms with Crippen molar-refractivity contribution in [2.45, 2.75) is 6.54 Å². The summed E-state index contributed by atoms with van der Waals surface area (Å²) in [6.45, 7) is 0.255. The van der Waals surface area contributed by atoms with Crippen LogP contribution in [0.2, 0.25) is 5.02 Å². The van der Waals surface area contributed by atoms with Crippen LogP contribution in [0.15, 0.2) is 66.9 Å². The molecule has 5 nitrogen and oxygen atoms in total. The van der Waals surface area contributed by atoms with Crippen molar-refractivity contribution >= 4 is 23.3 Å². The highest BCUT2D eigenvalue weighted by atomic mass is 35.5. The maximum Gasteiger partial charge on any atom is 0.294 e. The molecule has 26 heavy (non-hydrogen) atoms. The van der Waals surface area contributed by atoms with Crippen molar-refractivity contribution in [2.24, 2.45) is 0 Å². The van der Waals surface area contributed by atoms with E-state index in [1.807, 2.05) is 12.1 Å². The van der Waals surface area contributed by atoms with Gasteiger partial charge in [-0.2, -0.15) is 0 Å². The molecule has 132 valence electrons. The number of nitrogens with zero attached hydrogens (tertiary/aromatic N) is 1. The fraction of sp³-hybridized carbons (Fsp3) is 0.100. The zero-order chi connectivity index (χ0) is 18.5. The second kappa shape index (κ2) is 7.89. The molecule has 0 unspecified atom stereocenters. The number of carbonyl (C=O) groups excluding carboxylic acids is 2. The van der Waals surface area contributed by atoms with Gasteiger partial charge in [-0.3, -0.25) is 9.59 Å². The molecule has 0 aliphatic carbocycles. The highest BCUT2D eigenvalue weighted by Crippen LogP contribution is 2.18. The molecule has 0 bridgehead atoms. The second-order valence-electron chi connectivity index (χ2n) is 5.60. The predicted molar refractivity (Wildman–Crippen MR) is 100.0 cm³/mol. The van der Waals surface area contributed by atoms with Gasteiger partial charge < -0.3 is 14.6 Å². The standard InChI is InChI=1S/C20H17ClN2O3/c1-26-17-10-8-16(9-11-17)23-12-2-3-18(23)19(24)20(25)22-13-14-4-6-15(21)7-5-14/h2-12H,13H2,1H3,(H,22,25). The number of halogens is 1. The van der Waals surface area contributed by atoms with Gasteiger partial charge in [-0.1, -0.05) is 23.7 Å². The Morgan fingerprint density at radius 3 is 2.38 bits per heavy atom. The van der Waals surface area contributed by atoms with Crippen molar-refractivity contribution in [1.82, 2.24) is 9.88 Å². The van der Waals surface area contributed by atoms with Gasteiger partial charge in [0.1, 0.15) is 5.75 Å². The van der Waals surface area contributed by atoms with Crippen LogP contribution in [0.25, 0.3) is 5.69 Å². The summed E-state index contributed by atoms with van der Waals surface area (Å²) in [6.07, 6.45) is 1.74. The Morgan fingerprint density at radius 1 is 1.04 bits per heavy atom. The summed E-state index contributed by atoms with van der Waals surface area (Å²) in [4.78, 5) is 24.8. The lowest BCUT2D eigenvalue weighted by Crippen LogP contribution is -2.31. The first-order chi connectivity index (χ1) is 12.6. The van der Waals surface area contributed by atoms with Crippen LogP contribution in [0.5, 0.6) is 5.75 Å². The molecule has 3 aromatic rings. The summed E-state index contributed by atoms with van der Waals surface area (Å²) in [6, 6.07) is 17.6. The van der Waals surface area contributed by atoms with Crippen molar-refractivity contribution in [2.75, 3.05) is 7.11 Å². The SMILES string of the molecule is COc1ccc(-n2cccc2C(=O)C(=O)NCc2ccc(Cl)cc2)cc1. The van der Waals surface area contributed by atoms with Crippen LogP contribution in [0.1, 0.15) is 16.1 Å². The molecular weight excluding hydrogens is 352 g/mol. The smallest absolute Gasteiger partial charge is 0.294 e. The van der Waals surface area contributed by atoms with E-state index in [1.54, 1.807) is 66.4 Å². The van der Waals surface area contributed by atoms with E-state index in [-0.39, 0.29) is 6.54 Å². The number of Topliss-reactive ketones (excluding diaryl/α,β-unsaturated/α-hetero) is 1. The highest BCUT2D eigenvalue weighted by Gasteiger charge is 2.20. The molecule has 0 atom stereocenters. The Hall–Kier alpha value is -3.05. The van der Waals surface area contributed by atoms with E-state index in [1.165, 1.54) is 0 Å². The van der Waals surface area contributed by atoms with Gasteiger partial charge in [0.2, 0.25) is 0 Å². The van der Waals surface area contributed by atoms with Gasteiger partial charge in [-0.25, -0.2) is 0 Å². The van der Waals surface area contributed by atoms with Crippen molar-refractivity contribution in [1.29, 1.82) is 0 Å². The quantitative estimate of drug-likeness (QED) is 0.533. The summed E-state index contributed by atoms with van der Waals surface area (Å²) >= 11 is 5.83. The number of carbonyl (C=O) groups is 2. The number of amides is 1. The first-order valence-electron chi connectivity index (χ1n) is 7.97. The number of benzene rings is 2. The highest BCUT2D eigenvalue weighted by molar-refractivity contribution is 6.42. The fourth-order valence-corrected chi connectivity index (χ4v) is 2.64. The minimum atomic E-state index is -0.659. The molecule has 0 fully saturated rings. The van der Waals surface area contributed by atoms with Crippen LogP contribution < -0.4 is 10.1 Å². The monoisotopic (exact) mass is 368 g/mol. The lowest BCUT2D eigenvalue weighted by Gasteiger charge is -2.10. The summed E-state index contributed by atoms with van der Waals surface area (Å²) in [5.41, 5.74) is 1.93. The van der Waals surface area contributed by atoms with E-state index in [2.05, 4.69) is 5.32 Å². The van der Waals surface area contributed by atoms with E-state index in [0.29, 0.717) is 10.7 Å². The number of methoxy groups -OCH3 is 1. The molecule has 1 N–H and O–H groups in total. The number of nitrogens with one attached hydrogen (secondary N) is 1. The number of rotatable bonds is 6. The van der Waals surface area contributed by atoms with Crippen molar-refractivity contribution in [3.8, 4) is 11.4 Å². The normalized spacial score (nSPS) is 10.4. The minimum absolute atomic E-state index is 0.255. The lowest BCUT2D eigenvalue weighted by molar-refractivity contribution is -0.117. The van der Waals surface area contributed by atoms with E-state index in [9.17, 15) is 9.59 Å². The van der Waals surface area contributed by atoms with E-state index < -0.39 is 11.7 Å². The van der Waals surface area contributed by atoms with Gasteiger partial charge in [-0.05, 0) is 54.1 Å². The summed E-state index contributed by atoms with van der Waals surface area (Å²) < 4.78 is 6.81. The number of ether oxygens (including phenoxy) is 1. The van der Waals surface area contributed by atoms with Gasteiger partial charge in [-0.15, -0.1) is 0 Å². The predicted octanol–water partition coefficient (Wildman–Crippen LogP) is 3.64. The number of aromatic nitrogens is 1. The zero-order valence-electron chi connectivity index (χ0n) is 14.1. The molecule has 6 heteroatoms. The second-order valence-corrected chi connectivity index (χ2v) is 6.04. The molecule has 3 rings (SSSR count). The van der Waals surface area contributed by atoms with Crippen molar-refractivity contribution < 1.29 is 14.3 Å². The van der Waals surface area contributed by atoms with Gasteiger partial charge in [0, 0.05) is 23.5 Å². The van der Waals surface area contributed by atoms with Crippen LogP contribution in [-0.4, -0.2) is 23.4 Å². The largest absolute Gasteiger partial charge is 0.497 e.